The average molecular weight is 362 g/mol. The first-order chi connectivity index (χ1) is 12.3. The van der Waals surface area contributed by atoms with E-state index >= 15 is 0 Å². The average Bonchev–Trinajstić information content (AvgIpc) is 2.61. The molecule has 1 aromatic carbocycles. The summed E-state index contributed by atoms with van der Waals surface area (Å²) in [6.45, 7) is 8.01. The lowest BCUT2D eigenvalue weighted by molar-refractivity contribution is -0.137. The second-order valence-electron chi connectivity index (χ2n) is 5.30. The highest BCUT2D eigenvalue weighted by molar-refractivity contribution is 5.94. The van der Waals surface area contributed by atoms with E-state index in [1.807, 2.05) is 0 Å². The van der Waals surface area contributed by atoms with Gasteiger partial charge in [0.2, 0.25) is 5.88 Å². The highest BCUT2D eigenvalue weighted by atomic mass is 19.4. The number of benzene rings is 1. The lowest BCUT2D eigenvalue weighted by atomic mass is 10.2. The Labute approximate surface area is 149 Å². The van der Waals surface area contributed by atoms with Gasteiger partial charge in [-0.25, -0.2) is 4.98 Å². The summed E-state index contributed by atoms with van der Waals surface area (Å²) in [5.74, 6) is 0.189. The maximum Gasteiger partial charge on any atom is 0.417 e. The zero-order chi connectivity index (χ0) is 19.2. The molecular formula is C19H17F3N2O2. The number of hydrogen-bond donors (Lipinski definition) is 0. The van der Waals surface area contributed by atoms with E-state index in [4.69, 9.17) is 4.74 Å². The summed E-state index contributed by atoms with van der Waals surface area (Å²) in [6.07, 6.45) is -0.504. The van der Waals surface area contributed by atoms with Gasteiger partial charge in [-0.3, -0.25) is 4.79 Å². The predicted molar refractivity (Wildman–Crippen MR) is 92.1 cm³/mol. The van der Waals surface area contributed by atoms with E-state index in [0.29, 0.717) is 30.6 Å². The monoisotopic (exact) mass is 362 g/mol. The number of aromatic nitrogens is 1. The van der Waals surface area contributed by atoms with Crippen molar-refractivity contribution in [3.8, 4) is 11.6 Å². The number of halogens is 3. The fourth-order valence-corrected chi connectivity index (χ4v) is 2.13. The van der Waals surface area contributed by atoms with Gasteiger partial charge >= 0.3 is 6.18 Å². The second kappa shape index (κ2) is 8.33. The highest BCUT2D eigenvalue weighted by Gasteiger charge is 2.30. The molecule has 2 aromatic rings. The molecule has 0 radical (unpaired) electrons. The van der Waals surface area contributed by atoms with Crippen LogP contribution in [0.2, 0.25) is 0 Å². The third kappa shape index (κ3) is 4.95. The van der Waals surface area contributed by atoms with E-state index in [2.05, 4.69) is 18.1 Å². The molecule has 0 spiro atoms. The van der Waals surface area contributed by atoms with Crippen LogP contribution < -0.4 is 4.74 Å². The molecule has 0 unspecified atom stereocenters. The topological polar surface area (TPSA) is 42.4 Å². The Morgan fingerprint density at radius 2 is 1.69 bits per heavy atom. The van der Waals surface area contributed by atoms with Crippen molar-refractivity contribution in [2.75, 3.05) is 13.1 Å². The van der Waals surface area contributed by atoms with Crippen LogP contribution in [0.15, 0.2) is 67.9 Å². The quantitative estimate of drug-likeness (QED) is 0.670. The third-order valence-corrected chi connectivity index (χ3v) is 3.37. The van der Waals surface area contributed by atoms with Gasteiger partial charge in [-0.2, -0.15) is 13.2 Å². The van der Waals surface area contributed by atoms with Crippen molar-refractivity contribution in [2.24, 2.45) is 0 Å². The summed E-state index contributed by atoms with van der Waals surface area (Å²) in [5, 5.41) is 0. The number of rotatable bonds is 7. The number of ether oxygens (including phenoxy) is 1. The standard InChI is InChI=1S/C19H17F3N2O2/c1-3-11-24(12-4-2)18(25)14-5-8-16(9-6-14)26-17-10-7-15(13-23-17)19(20,21)22/h3-10,13H,1-2,11-12H2. The van der Waals surface area contributed by atoms with Crippen LogP contribution in [0.25, 0.3) is 0 Å². The van der Waals surface area contributed by atoms with Gasteiger partial charge in [0, 0.05) is 30.9 Å². The molecular weight excluding hydrogens is 345 g/mol. The molecule has 0 saturated carbocycles. The summed E-state index contributed by atoms with van der Waals surface area (Å²) < 4.78 is 42.9. The molecule has 1 amide bonds. The lowest BCUT2D eigenvalue weighted by Crippen LogP contribution is -2.31. The van der Waals surface area contributed by atoms with Gasteiger partial charge in [0.1, 0.15) is 5.75 Å². The van der Waals surface area contributed by atoms with Gasteiger partial charge in [0.15, 0.2) is 0 Å². The molecule has 0 aliphatic carbocycles. The van der Waals surface area contributed by atoms with E-state index in [0.717, 1.165) is 12.1 Å². The van der Waals surface area contributed by atoms with Crippen LogP contribution in [-0.2, 0) is 6.18 Å². The van der Waals surface area contributed by atoms with Crippen LogP contribution in [0.4, 0.5) is 13.2 Å². The highest BCUT2D eigenvalue weighted by Crippen LogP contribution is 2.30. The van der Waals surface area contributed by atoms with E-state index in [1.165, 1.54) is 0 Å². The fourth-order valence-electron chi connectivity index (χ4n) is 2.13. The van der Waals surface area contributed by atoms with Gasteiger partial charge in [0.25, 0.3) is 5.91 Å². The Kier molecular flexibility index (Phi) is 6.16. The molecule has 2 rings (SSSR count). The maximum atomic E-state index is 12.5. The minimum Gasteiger partial charge on any atom is -0.439 e. The van der Waals surface area contributed by atoms with Crippen LogP contribution in [-0.4, -0.2) is 28.9 Å². The zero-order valence-electron chi connectivity index (χ0n) is 13.9. The van der Waals surface area contributed by atoms with E-state index in [9.17, 15) is 18.0 Å². The Balaban J connectivity index is 2.08. The summed E-state index contributed by atoms with van der Waals surface area (Å²) >= 11 is 0. The molecule has 0 N–H and O–H groups in total. The molecule has 0 bridgehead atoms. The van der Waals surface area contributed by atoms with E-state index in [1.54, 1.807) is 41.3 Å². The van der Waals surface area contributed by atoms with Crippen molar-refractivity contribution in [3.63, 3.8) is 0 Å². The van der Waals surface area contributed by atoms with Gasteiger partial charge in [-0.1, -0.05) is 12.2 Å². The SMILES string of the molecule is C=CCN(CC=C)C(=O)c1ccc(Oc2ccc(C(F)(F)F)cn2)cc1. The fraction of sp³-hybridized carbons (Fsp3) is 0.158. The molecule has 7 heteroatoms. The van der Waals surface area contributed by atoms with Gasteiger partial charge < -0.3 is 9.64 Å². The van der Waals surface area contributed by atoms with Crippen LogP contribution in [0.3, 0.4) is 0 Å². The van der Waals surface area contributed by atoms with Crippen molar-refractivity contribution < 1.29 is 22.7 Å². The third-order valence-electron chi connectivity index (χ3n) is 3.37. The molecule has 4 nitrogen and oxygen atoms in total. The first-order valence-electron chi connectivity index (χ1n) is 7.67. The molecule has 0 saturated heterocycles. The maximum absolute atomic E-state index is 12.5. The number of carbonyl (C=O) groups excluding carboxylic acids is 1. The molecule has 26 heavy (non-hydrogen) atoms. The molecule has 0 aliphatic heterocycles. The minimum atomic E-state index is -4.45. The molecule has 0 aliphatic rings. The second-order valence-corrected chi connectivity index (χ2v) is 5.30. The van der Waals surface area contributed by atoms with E-state index in [-0.39, 0.29) is 11.8 Å². The number of carbonyl (C=O) groups is 1. The molecule has 0 atom stereocenters. The summed E-state index contributed by atoms with van der Waals surface area (Å²) in [7, 11) is 0. The molecule has 0 fully saturated rings. The van der Waals surface area contributed by atoms with Gasteiger partial charge in [-0.15, -0.1) is 13.2 Å². The summed E-state index contributed by atoms with van der Waals surface area (Å²) in [6, 6.07) is 8.27. The number of pyridine rings is 1. The minimum absolute atomic E-state index is 0.0250. The van der Waals surface area contributed by atoms with Crippen LogP contribution >= 0.6 is 0 Å². The van der Waals surface area contributed by atoms with Crippen molar-refractivity contribution in [3.05, 3.63) is 79.0 Å². The van der Waals surface area contributed by atoms with Crippen molar-refractivity contribution >= 4 is 5.91 Å². The predicted octanol–water partition coefficient (Wildman–Crippen LogP) is 4.71. The number of alkyl halides is 3. The molecule has 1 heterocycles. The van der Waals surface area contributed by atoms with Crippen molar-refractivity contribution in [1.29, 1.82) is 0 Å². The largest absolute Gasteiger partial charge is 0.439 e. The Morgan fingerprint density at radius 1 is 1.08 bits per heavy atom. The summed E-state index contributed by atoms with van der Waals surface area (Å²) in [4.78, 5) is 17.6. The van der Waals surface area contributed by atoms with Crippen LogP contribution in [0, 0.1) is 0 Å². The Hall–Kier alpha value is -3.09. The molecule has 1 aromatic heterocycles. The van der Waals surface area contributed by atoms with E-state index < -0.39 is 11.7 Å². The number of nitrogens with zero attached hydrogens (tertiary/aromatic N) is 2. The van der Waals surface area contributed by atoms with Crippen molar-refractivity contribution in [2.45, 2.75) is 6.18 Å². The van der Waals surface area contributed by atoms with Crippen LogP contribution in [0.5, 0.6) is 11.6 Å². The first-order valence-corrected chi connectivity index (χ1v) is 7.67. The smallest absolute Gasteiger partial charge is 0.417 e. The van der Waals surface area contributed by atoms with Crippen LogP contribution in [0.1, 0.15) is 15.9 Å². The number of hydrogen-bond acceptors (Lipinski definition) is 3. The molecule has 136 valence electrons. The Morgan fingerprint density at radius 3 is 2.15 bits per heavy atom. The van der Waals surface area contributed by atoms with Crippen molar-refractivity contribution in [1.82, 2.24) is 9.88 Å². The lowest BCUT2D eigenvalue weighted by Gasteiger charge is -2.19. The van der Waals surface area contributed by atoms with Gasteiger partial charge in [0.05, 0.1) is 5.56 Å². The zero-order valence-corrected chi connectivity index (χ0v) is 13.9. The summed E-state index contributed by atoms with van der Waals surface area (Å²) in [5.41, 5.74) is -0.406. The Bertz CT molecular complexity index is 759. The normalized spacial score (nSPS) is 10.9. The number of amides is 1. The first kappa shape index (κ1) is 19.2. The van der Waals surface area contributed by atoms with Gasteiger partial charge in [-0.05, 0) is 30.3 Å².